The molecule has 0 saturated carbocycles. The summed E-state index contributed by atoms with van der Waals surface area (Å²) in [4.78, 5) is 4.50. The van der Waals surface area contributed by atoms with E-state index in [0.29, 0.717) is 29.3 Å². The van der Waals surface area contributed by atoms with E-state index in [9.17, 15) is 4.39 Å². The molecule has 49 heavy (non-hydrogen) atoms. The van der Waals surface area contributed by atoms with Gasteiger partial charge in [0.15, 0.2) is 0 Å². The third kappa shape index (κ3) is 5.51. The lowest BCUT2D eigenvalue weighted by Gasteiger charge is -2.34. The lowest BCUT2D eigenvalue weighted by Crippen LogP contribution is -2.20. The third-order valence-corrected chi connectivity index (χ3v) is 10.1. The monoisotopic (exact) mass is 646 g/mol. The van der Waals surface area contributed by atoms with E-state index >= 15 is 0 Å². The zero-order valence-electron chi connectivity index (χ0n) is 28.5. The number of nitrogens with zero attached hydrogens (tertiary/aromatic N) is 4. The highest BCUT2D eigenvalue weighted by atomic mass is 19.1. The predicted molar refractivity (Wildman–Crippen MR) is 196 cm³/mol. The lowest BCUT2D eigenvalue weighted by atomic mass is 9.70. The second kappa shape index (κ2) is 12.2. The van der Waals surface area contributed by atoms with E-state index < -0.39 is 0 Å². The third-order valence-electron chi connectivity index (χ3n) is 10.1. The summed E-state index contributed by atoms with van der Waals surface area (Å²) in [7, 11) is 0. The number of aryl methyl sites for hydroxylation is 2. The molecule has 6 heteroatoms. The van der Waals surface area contributed by atoms with Gasteiger partial charge in [0, 0.05) is 58.3 Å². The van der Waals surface area contributed by atoms with Crippen LogP contribution >= 0.6 is 0 Å². The fraction of sp³-hybridized carbons (Fsp3) is 0.209. The maximum Gasteiger partial charge on any atom is 0.140 e. The SMILES string of the molecule is CC1=C[C@H](c2ccccc2)C[C@H](C)C1c1c(C)nn(-c2cc(C)cc(Oc3ccc4c5ccccc5n(-c5cc(F)ccn5)c4c3)c2)c1C. The van der Waals surface area contributed by atoms with Crippen molar-refractivity contribution in [3.63, 3.8) is 0 Å². The summed E-state index contributed by atoms with van der Waals surface area (Å²) in [5.74, 6) is 2.84. The summed E-state index contributed by atoms with van der Waals surface area (Å²) in [5.41, 5.74) is 10.2. The Morgan fingerprint density at radius 2 is 1.55 bits per heavy atom. The first kappa shape index (κ1) is 30.8. The zero-order valence-corrected chi connectivity index (χ0v) is 28.5. The molecule has 3 atom stereocenters. The van der Waals surface area contributed by atoms with Gasteiger partial charge in [-0.2, -0.15) is 5.10 Å². The first-order chi connectivity index (χ1) is 23.7. The highest BCUT2D eigenvalue weighted by molar-refractivity contribution is 6.09. The topological polar surface area (TPSA) is 44.9 Å². The number of aromatic nitrogens is 4. The minimum Gasteiger partial charge on any atom is -0.457 e. The van der Waals surface area contributed by atoms with E-state index in [4.69, 9.17) is 9.84 Å². The van der Waals surface area contributed by atoms with E-state index in [1.807, 2.05) is 41.0 Å². The largest absolute Gasteiger partial charge is 0.457 e. The average Bonchev–Trinajstić information content (AvgIpc) is 3.57. The Hall–Kier alpha value is -5.49. The van der Waals surface area contributed by atoms with E-state index in [1.54, 1.807) is 0 Å². The Labute approximate surface area is 286 Å². The summed E-state index contributed by atoms with van der Waals surface area (Å²) in [6.07, 6.45) is 5.07. The van der Waals surface area contributed by atoms with Gasteiger partial charge in [-0.05, 0) is 87.6 Å². The van der Waals surface area contributed by atoms with Crippen LogP contribution in [-0.2, 0) is 0 Å². The molecule has 1 unspecified atom stereocenters. The molecule has 3 heterocycles. The molecule has 7 aromatic rings. The molecule has 0 aliphatic heterocycles. The summed E-state index contributed by atoms with van der Waals surface area (Å²) in [5, 5.41) is 7.22. The number of hydrogen-bond donors (Lipinski definition) is 0. The van der Waals surface area contributed by atoms with Gasteiger partial charge in [-0.15, -0.1) is 0 Å². The first-order valence-corrected chi connectivity index (χ1v) is 17.0. The Bertz CT molecular complexity index is 2390. The van der Waals surface area contributed by atoms with E-state index in [1.165, 1.54) is 35.0 Å². The molecule has 0 bridgehead atoms. The molecule has 244 valence electrons. The lowest BCUT2D eigenvalue weighted by molar-refractivity contribution is 0.420. The Morgan fingerprint density at radius 3 is 2.35 bits per heavy atom. The number of rotatable bonds is 6. The molecule has 5 nitrogen and oxygen atoms in total. The summed E-state index contributed by atoms with van der Waals surface area (Å²) < 4.78 is 25.0. The van der Waals surface area contributed by atoms with Crippen LogP contribution in [0.3, 0.4) is 0 Å². The van der Waals surface area contributed by atoms with Gasteiger partial charge >= 0.3 is 0 Å². The number of allylic oxidation sites excluding steroid dienone is 2. The van der Waals surface area contributed by atoms with Crippen molar-refractivity contribution in [3.05, 3.63) is 155 Å². The minimum absolute atomic E-state index is 0.320. The molecule has 4 aromatic carbocycles. The summed E-state index contributed by atoms with van der Waals surface area (Å²) >= 11 is 0. The van der Waals surface area contributed by atoms with Gasteiger partial charge in [-0.3, -0.25) is 4.57 Å². The average molecular weight is 647 g/mol. The molecule has 0 N–H and O–H groups in total. The highest BCUT2D eigenvalue weighted by Gasteiger charge is 2.33. The van der Waals surface area contributed by atoms with E-state index in [-0.39, 0.29) is 5.82 Å². The van der Waals surface area contributed by atoms with Crippen LogP contribution in [0.15, 0.2) is 121 Å². The maximum atomic E-state index is 14.3. The van der Waals surface area contributed by atoms with Gasteiger partial charge < -0.3 is 4.74 Å². The maximum absolute atomic E-state index is 14.3. The highest BCUT2D eigenvalue weighted by Crippen LogP contribution is 2.46. The minimum atomic E-state index is -0.330. The molecule has 1 aliphatic rings. The number of fused-ring (bicyclic) bond motifs is 3. The van der Waals surface area contributed by atoms with Crippen molar-refractivity contribution in [1.29, 1.82) is 0 Å². The Morgan fingerprint density at radius 1 is 0.776 bits per heavy atom. The number of hydrogen-bond acceptors (Lipinski definition) is 3. The smallest absolute Gasteiger partial charge is 0.140 e. The van der Waals surface area contributed by atoms with Crippen LogP contribution in [0.5, 0.6) is 11.5 Å². The molecule has 0 radical (unpaired) electrons. The number of pyridine rings is 1. The summed E-state index contributed by atoms with van der Waals surface area (Å²) in [6, 6.07) is 34.1. The van der Waals surface area contributed by atoms with Gasteiger partial charge in [-0.1, -0.05) is 67.1 Å². The van der Waals surface area contributed by atoms with Gasteiger partial charge in [0.25, 0.3) is 0 Å². The molecule has 1 aliphatic carbocycles. The summed E-state index contributed by atoms with van der Waals surface area (Å²) in [6.45, 7) is 11.1. The molecule has 0 spiro atoms. The van der Waals surface area contributed by atoms with Gasteiger partial charge in [-0.25, -0.2) is 14.1 Å². The van der Waals surface area contributed by atoms with Crippen LogP contribution < -0.4 is 4.74 Å². The van der Waals surface area contributed by atoms with Crippen molar-refractivity contribution >= 4 is 21.8 Å². The van der Waals surface area contributed by atoms with Crippen LogP contribution in [0.4, 0.5) is 4.39 Å². The molecule has 3 aromatic heterocycles. The van der Waals surface area contributed by atoms with Crippen LogP contribution in [0.25, 0.3) is 33.3 Å². The molecule has 8 rings (SSSR count). The predicted octanol–water partition coefficient (Wildman–Crippen LogP) is 11.1. The van der Waals surface area contributed by atoms with Crippen LogP contribution in [0.2, 0.25) is 0 Å². The fourth-order valence-corrected chi connectivity index (χ4v) is 8.10. The Kier molecular flexibility index (Phi) is 7.67. The van der Waals surface area contributed by atoms with Crippen molar-refractivity contribution in [3.8, 4) is 23.0 Å². The standard InChI is InChI=1S/C43H39FN4O/c1-26-19-34(48-30(5)43(29(4)46-48)42-27(2)21-32(22-28(42)3)31-11-7-6-8-12-31)24-36(20-26)49-35-15-16-38-37-13-9-10-14-39(37)47(40(38)25-35)41-23-33(44)17-18-45-41/h6-21,23-25,28,32,42H,22H2,1-5H3/t28-,32-,42?/m0/s1. The quantitative estimate of drug-likeness (QED) is 0.169. The Balaban J connectivity index is 1.14. The number of para-hydroxylation sites is 1. The van der Waals surface area contributed by atoms with Crippen molar-refractivity contribution in [2.24, 2.45) is 5.92 Å². The van der Waals surface area contributed by atoms with Crippen LogP contribution in [0.1, 0.15) is 60.2 Å². The van der Waals surface area contributed by atoms with Gasteiger partial charge in [0.05, 0.1) is 22.4 Å². The second-order valence-corrected chi connectivity index (χ2v) is 13.6. The zero-order chi connectivity index (χ0) is 33.8. The van der Waals surface area contributed by atoms with E-state index in [2.05, 4.69) is 105 Å². The van der Waals surface area contributed by atoms with Crippen molar-refractivity contribution in [2.45, 2.75) is 52.9 Å². The number of ether oxygens (including phenoxy) is 1. The van der Waals surface area contributed by atoms with Gasteiger partial charge in [0.1, 0.15) is 23.1 Å². The van der Waals surface area contributed by atoms with Crippen LogP contribution in [-0.4, -0.2) is 19.3 Å². The first-order valence-electron chi connectivity index (χ1n) is 17.0. The molecular weight excluding hydrogens is 607 g/mol. The van der Waals surface area contributed by atoms with Crippen molar-refractivity contribution in [2.75, 3.05) is 0 Å². The van der Waals surface area contributed by atoms with Crippen molar-refractivity contribution < 1.29 is 9.13 Å². The molecular formula is C43H39FN4O. The fourth-order valence-electron chi connectivity index (χ4n) is 8.10. The number of halogens is 1. The van der Waals surface area contributed by atoms with Gasteiger partial charge in [0.2, 0.25) is 0 Å². The van der Waals surface area contributed by atoms with Crippen molar-refractivity contribution in [1.82, 2.24) is 19.3 Å². The normalized spacial score (nSPS) is 17.8. The van der Waals surface area contributed by atoms with E-state index in [0.717, 1.165) is 56.6 Å². The molecule has 0 amide bonds. The molecule has 0 saturated heterocycles. The molecule has 0 fully saturated rings. The number of benzene rings is 4. The van der Waals surface area contributed by atoms with Crippen LogP contribution in [0, 0.1) is 32.5 Å². The second-order valence-electron chi connectivity index (χ2n) is 13.6.